The van der Waals surface area contributed by atoms with Crippen LogP contribution in [0.25, 0.3) is 0 Å². The van der Waals surface area contributed by atoms with E-state index in [9.17, 15) is 4.79 Å². The van der Waals surface area contributed by atoms with Crippen LogP contribution in [0.3, 0.4) is 0 Å². The zero-order valence-corrected chi connectivity index (χ0v) is 14.5. The van der Waals surface area contributed by atoms with Crippen molar-refractivity contribution >= 4 is 29.9 Å². The van der Waals surface area contributed by atoms with Crippen molar-refractivity contribution in [2.75, 3.05) is 5.32 Å². The fourth-order valence-electron chi connectivity index (χ4n) is 2.33. The van der Waals surface area contributed by atoms with Crippen LogP contribution in [0, 0.1) is 0 Å². The third kappa shape index (κ3) is 4.62. The van der Waals surface area contributed by atoms with Gasteiger partial charge in [-0.3, -0.25) is 4.79 Å². The lowest BCUT2D eigenvalue weighted by Crippen LogP contribution is -2.41. The molecule has 25 heavy (non-hydrogen) atoms. The molecule has 0 unspecified atom stereocenters. The first-order valence-electron chi connectivity index (χ1n) is 7.85. The monoisotopic (exact) mass is 351 g/mol. The van der Waals surface area contributed by atoms with E-state index in [4.69, 9.17) is 4.74 Å². The largest absolute Gasteiger partial charge is 0.489 e. The van der Waals surface area contributed by atoms with Gasteiger partial charge in [0.25, 0.3) is 5.91 Å². The van der Waals surface area contributed by atoms with Crippen LogP contribution in [0.5, 0.6) is 5.75 Å². The maximum atomic E-state index is 12.4. The Kier molecular flexibility index (Phi) is 5.38. The van der Waals surface area contributed by atoms with E-state index in [-0.39, 0.29) is 5.91 Å². The van der Waals surface area contributed by atoms with Crippen LogP contribution >= 0.6 is 12.6 Å². The molecule has 0 aliphatic rings. The summed E-state index contributed by atoms with van der Waals surface area (Å²) in [6, 6.07) is 22.5. The van der Waals surface area contributed by atoms with Crippen LogP contribution in [0.15, 0.2) is 77.7 Å². The summed E-state index contributed by atoms with van der Waals surface area (Å²) < 4.78 is 5.78. The van der Waals surface area contributed by atoms with E-state index in [0.29, 0.717) is 23.6 Å². The summed E-state index contributed by atoms with van der Waals surface area (Å²) in [5.41, 5.74) is 6.89. The Labute approximate surface area is 152 Å². The second kappa shape index (κ2) is 7.88. The molecule has 0 atom stereocenters. The molecule has 4 N–H and O–H groups in total. The van der Waals surface area contributed by atoms with Gasteiger partial charge in [0.15, 0.2) is 0 Å². The summed E-state index contributed by atoms with van der Waals surface area (Å²) in [5, 5.41) is 2.87. The topological polar surface area (TPSA) is 66.0 Å². The molecule has 0 fully saturated rings. The minimum absolute atomic E-state index is 0.196. The van der Waals surface area contributed by atoms with Crippen molar-refractivity contribution in [3.8, 4) is 5.75 Å². The van der Waals surface area contributed by atoms with Gasteiger partial charge in [-0.2, -0.15) is 0 Å². The van der Waals surface area contributed by atoms with Crippen LogP contribution in [0.1, 0.15) is 15.9 Å². The van der Waals surface area contributed by atoms with Gasteiger partial charge in [0.1, 0.15) is 18.0 Å². The maximum Gasteiger partial charge on any atom is 0.255 e. The van der Waals surface area contributed by atoms with E-state index in [1.807, 2.05) is 48.5 Å². The van der Waals surface area contributed by atoms with Crippen molar-refractivity contribution in [1.82, 2.24) is 0 Å². The van der Waals surface area contributed by atoms with Crippen LogP contribution in [0.4, 0.5) is 11.4 Å². The molecule has 0 aliphatic heterocycles. The first-order chi connectivity index (χ1) is 12.1. The number of hydrogen-bond donors (Lipinski definition) is 3. The van der Waals surface area contributed by atoms with Gasteiger partial charge >= 0.3 is 0 Å². The predicted octanol–water partition coefficient (Wildman–Crippen LogP) is 3.68. The minimum Gasteiger partial charge on any atom is -0.489 e. The van der Waals surface area contributed by atoms with Crippen molar-refractivity contribution in [2.24, 2.45) is 0 Å². The highest BCUT2D eigenvalue weighted by molar-refractivity contribution is 7.80. The Balaban J connectivity index is 1.66. The number of ether oxygens (including phenoxy) is 1. The van der Waals surface area contributed by atoms with Gasteiger partial charge in [0.05, 0.1) is 4.90 Å². The number of benzene rings is 3. The minimum atomic E-state index is -0.196. The quantitative estimate of drug-likeness (QED) is 0.614. The Morgan fingerprint density at radius 2 is 1.80 bits per heavy atom. The van der Waals surface area contributed by atoms with E-state index in [2.05, 4.69) is 23.7 Å². The van der Waals surface area contributed by atoms with Gasteiger partial charge in [0, 0.05) is 23.4 Å². The summed E-state index contributed by atoms with van der Waals surface area (Å²) in [5.74, 6) is 0.503. The van der Waals surface area contributed by atoms with Gasteiger partial charge in [-0.25, -0.2) is 0 Å². The number of thiol groups is 1. The Hall–Kier alpha value is -2.76. The van der Waals surface area contributed by atoms with Crippen molar-refractivity contribution in [3.63, 3.8) is 0 Å². The summed E-state index contributed by atoms with van der Waals surface area (Å²) >= 11 is 4.27. The second-order valence-electron chi connectivity index (χ2n) is 5.60. The smallest absolute Gasteiger partial charge is 0.255 e. The van der Waals surface area contributed by atoms with Gasteiger partial charge in [-0.1, -0.05) is 36.4 Å². The SMILES string of the molecule is [NH3+]c1cc(C(=O)Nc2cccc(OCc3ccccc3)c2)ccc1S. The molecule has 0 aliphatic carbocycles. The van der Waals surface area contributed by atoms with Crippen LogP contribution in [-0.2, 0) is 6.61 Å². The number of anilines is 1. The molecule has 0 radical (unpaired) electrons. The Morgan fingerprint density at radius 3 is 2.56 bits per heavy atom. The van der Waals surface area contributed by atoms with Crippen LogP contribution in [-0.4, -0.2) is 5.91 Å². The summed E-state index contributed by atoms with van der Waals surface area (Å²) in [6.07, 6.45) is 0. The van der Waals surface area contributed by atoms with E-state index < -0.39 is 0 Å². The zero-order valence-electron chi connectivity index (χ0n) is 13.6. The van der Waals surface area contributed by atoms with Gasteiger partial charge in [-0.05, 0) is 29.8 Å². The maximum absolute atomic E-state index is 12.4. The van der Waals surface area contributed by atoms with E-state index in [0.717, 1.165) is 16.1 Å². The third-order valence-electron chi connectivity index (χ3n) is 3.68. The van der Waals surface area contributed by atoms with Crippen molar-refractivity contribution in [1.29, 1.82) is 0 Å². The molecule has 0 saturated carbocycles. The molecule has 3 aromatic carbocycles. The number of hydrogen-bond acceptors (Lipinski definition) is 3. The molecule has 4 nitrogen and oxygen atoms in total. The average molecular weight is 351 g/mol. The molecule has 0 bridgehead atoms. The van der Waals surface area contributed by atoms with Gasteiger partial charge in [0.2, 0.25) is 0 Å². The molecule has 1 amide bonds. The predicted molar refractivity (Wildman–Crippen MR) is 101 cm³/mol. The molecule has 0 heterocycles. The van der Waals surface area contributed by atoms with Gasteiger partial charge in [-0.15, -0.1) is 12.6 Å². The molecule has 5 heteroatoms. The number of nitrogens with one attached hydrogen (secondary N) is 1. The number of rotatable bonds is 5. The number of carbonyl (C=O) groups is 1. The summed E-state index contributed by atoms with van der Waals surface area (Å²) in [4.78, 5) is 13.1. The normalized spacial score (nSPS) is 10.3. The molecular formula is C20H19N2O2S+. The van der Waals surface area contributed by atoms with Crippen LogP contribution < -0.4 is 15.8 Å². The average Bonchev–Trinajstić information content (AvgIpc) is 2.63. The van der Waals surface area contributed by atoms with Crippen molar-refractivity contribution in [2.45, 2.75) is 11.5 Å². The number of quaternary nitrogens is 1. The molecule has 126 valence electrons. The van der Waals surface area contributed by atoms with Crippen molar-refractivity contribution in [3.05, 3.63) is 83.9 Å². The second-order valence-corrected chi connectivity index (χ2v) is 6.08. The highest BCUT2D eigenvalue weighted by Crippen LogP contribution is 2.21. The molecule has 0 saturated heterocycles. The standard InChI is InChI=1S/C20H18N2O2S/c21-18-11-15(9-10-19(18)25)20(23)22-16-7-4-8-17(12-16)24-13-14-5-2-1-3-6-14/h1-12,25H,13,21H2,(H,22,23)/p+1. The van der Waals surface area contributed by atoms with Crippen molar-refractivity contribution < 1.29 is 15.3 Å². The molecule has 0 spiro atoms. The third-order valence-corrected chi connectivity index (χ3v) is 4.12. The Morgan fingerprint density at radius 1 is 1.00 bits per heavy atom. The van der Waals surface area contributed by atoms with E-state index in [1.165, 1.54) is 0 Å². The Bertz CT molecular complexity index is 882. The molecule has 3 rings (SSSR count). The molecule has 0 aromatic heterocycles. The number of carbonyl (C=O) groups excluding carboxylic acids is 1. The first-order valence-corrected chi connectivity index (χ1v) is 8.29. The molecule has 3 aromatic rings. The lowest BCUT2D eigenvalue weighted by Gasteiger charge is -2.10. The first kappa shape index (κ1) is 17.1. The molecular weight excluding hydrogens is 332 g/mol. The lowest BCUT2D eigenvalue weighted by molar-refractivity contribution is -0.258. The van der Waals surface area contributed by atoms with E-state index >= 15 is 0 Å². The lowest BCUT2D eigenvalue weighted by atomic mass is 10.2. The van der Waals surface area contributed by atoms with Crippen LogP contribution in [0.2, 0.25) is 0 Å². The zero-order chi connectivity index (χ0) is 17.6. The fourth-order valence-corrected chi connectivity index (χ4v) is 2.47. The number of amides is 1. The highest BCUT2D eigenvalue weighted by Gasteiger charge is 2.09. The fraction of sp³-hybridized carbons (Fsp3) is 0.0500. The van der Waals surface area contributed by atoms with Gasteiger partial charge < -0.3 is 15.8 Å². The summed E-state index contributed by atoms with van der Waals surface area (Å²) in [7, 11) is 0. The van der Waals surface area contributed by atoms with E-state index in [1.54, 1.807) is 24.3 Å². The highest BCUT2D eigenvalue weighted by atomic mass is 32.1. The summed E-state index contributed by atoms with van der Waals surface area (Å²) in [6.45, 7) is 0.479.